The minimum atomic E-state index is -0.357. The first-order chi connectivity index (χ1) is 14.4. The van der Waals surface area contributed by atoms with E-state index in [0.717, 1.165) is 11.1 Å². The third-order valence-electron chi connectivity index (χ3n) is 4.35. The van der Waals surface area contributed by atoms with Gasteiger partial charge in [-0.1, -0.05) is 48.4 Å². The Morgan fingerprint density at radius 1 is 1.37 bits per heavy atom. The number of hydrogen-bond donors (Lipinski definition) is 4. The van der Waals surface area contributed by atoms with Crippen LogP contribution in [-0.4, -0.2) is 38.2 Å². The fourth-order valence-electron chi connectivity index (χ4n) is 2.89. The van der Waals surface area contributed by atoms with Gasteiger partial charge in [-0.15, -0.1) is 11.8 Å². The predicted octanol–water partition coefficient (Wildman–Crippen LogP) is 3.18. The number of anilines is 1. The molecule has 30 heavy (non-hydrogen) atoms. The minimum Gasteiger partial charge on any atom is -0.382 e. The Morgan fingerprint density at radius 2 is 2.10 bits per heavy atom. The molecule has 156 valence electrons. The summed E-state index contributed by atoms with van der Waals surface area (Å²) in [5.74, 6) is -0.317. The molecule has 1 unspecified atom stereocenters. The van der Waals surface area contributed by atoms with Gasteiger partial charge in [0.1, 0.15) is 0 Å². The van der Waals surface area contributed by atoms with Crippen LogP contribution in [0.5, 0.6) is 0 Å². The highest BCUT2D eigenvalue weighted by molar-refractivity contribution is 8.00. The zero-order chi connectivity index (χ0) is 21.7. The van der Waals surface area contributed by atoms with Gasteiger partial charge in [0.15, 0.2) is 11.5 Å². The van der Waals surface area contributed by atoms with Gasteiger partial charge in [0.2, 0.25) is 5.69 Å². The highest BCUT2D eigenvalue weighted by Gasteiger charge is 2.26. The lowest BCUT2D eigenvalue weighted by Gasteiger charge is -2.19. The summed E-state index contributed by atoms with van der Waals surface area (Å²) in [6.45, 7) is 4.99. The van der Waals surface area contributed by atoms with Crippen molar-refractivity contribution in [1.29, 1.82) is 5.41 Å². The van der Waals surface area contributed by atoms with Gasteiger partial charge in [-0.05, 0) is 24.7 Å². The molecule has 1 aliphatic rings. The molecule has 0 bridgehead atoms. The molecular weight excluding hydrogens is 398 g/mol. The topological polar surface area (TPSA) is 120 Å². The largest absolute Gasteiger partial charge is 0.388 e. The standard InChI is InChI=1S/C21H26N7OS/c1-13(2)30-18-9-6-15(11-25-18)17-12-26-20(22)19(27-17)21(23)28(29)16-7-4-14(5-8-16)10-24-3/h4-9,11-13,18,23-25H,10H2,1-3H3,(H2,22,26)/q+1. The van der Waals surface area contributed by atoms with Gasteiger partial charge in [0.25, 0.3) is 0 Å². The molecule has 1 aliphatic heterocycles. The Bertz CT molecular complexity index is 999. The van der Waals surface area contributed by atoms with Crippen molar-refractivity contribution >= 4 is 34.7 Å². The number of nitrogens with one attached hydrogen (secondary N) is 3. The van der Waals surface area contributed by atoms with E-state index in [9.17, 15) is 4.91 Å². The fraction of sp³-hybridized carbons (Fsp3) is 0.286. The molecule has 1 aromatic heterocycles. The Balaban J connectivity index is 1.79. The summed E-state index contributed by atoms with van der Waals surface area (Å²) < 4.78 is 0.506. The maximum Gasteiger partial charge on any atom is 0.388 e. The van der Waals surface area contributed by atoms with Gasteiger partial charge < -0.3 is 16.4 Å². The van der Waals surface area contributed by atoms with E-state index in [1.54, 1.807) is 30.1 Å². The molecule has 0 fully saturated rings. The molecule has 2 heterocycles. The van der Waals surface area contributed by atoms with Crippen LogP contribution in [0.2, 0.25) is 0 Å². The monoisotopic (exact) mass is 424 g/mol. The Kier molecular flexibility index (Phi) is 6.96. The molecule has 9 heteroatoms. The first-order valence-electron chi connectivity index (χ1n) is 9.61. The number of rotatable bonds is 7. The van der Waals surface area contributed by atoms with Gasteiger partial charge in [0, 0.05) is 28.3 Å². The lowest BCUT2D eigenvalue weighted by molar-refractivity contribution is -0.331. The number of dihydropyridines is 1. The Labute approximate surface area is 180 Å². The molecule has 0 amide bonds. The zero-order valence-electron chi connectivity index (χ0n) is 17.2. The number of allylic oxidation sites excluding steroid dienone is 2. The predicted molar refractivity (Wildman–Crippen MR) is 123 cm³/mol. The normalized spacial score (nSPS) is 15.6. The van der Waals surface area contributed by atoms with E-state index >= 15 is 0 Å². The van der Waals surface area contributed by atoms with Crippen molar-refractivity contribution in [3.63, 3.8) is 0 Å². The lowest BCUT2D eigenvalue weighted by Crippen LogP contribution is -2.23. The van der Waals surface area contributed by atoms with Gasteiger partial charge in [-0.3, -0.25) is 0 Å². The van der Waals surface area contributed by atoms with Gasteiger partial charge >= 0.3 is 5.84 Å². The second kappa shape index (κ2) is 9.64. The molecule has 0 radical (unpaired) electrons. The van der Waals surface area contributed by atoms with Crippen LogP contribution in [0.4, 0.5) is 11.5 Å². The second-order valence-corrected chi connectivity index (χ2v) is 8.78. The van der Waals surface area contributed by atoms with Crippen molar-refractivity contribution in [2.75, 3.05) is 12.8 Å². The summed E-state index contributed by atoms with van der Waals surface area (Å²) in [5, 5.41) is 15.4. The number of amidine groups is 1. The second-order valence-electron chi connectivity index (χ2n) is 7.06. The number of benzene rings is 1. The molecule has 0 saturated carbocycles. The summed E-state index contributed by atoms with van der Waals surface area (Å²) >= 11 is 1.80. The van der Waals surface area contributed by atoms with E-state index in [0.29, 0.717) is 27.9 Å². The maximum absolute atomic E-state index is 12.7. The minimum absolute atomic E-state index is 0.0398. The SMILES string of the molecule is CNCc1ccc([N+](=O)C(=N)c2nc(C3=CNC(SC(C)C)C=C3)cnc2N)cc1. The summed E-state index contributed by atoms with van der Waals surface area (Å²) in [7, 11) is 1.85. The quantitative estimate of drug-likeness (QED) is 0.306. The lowest BCUT2D eigenvalue weighted by atomic mass is 10.1. The molecule has 8 nitrogen and oxygen atoms in total. The van der Waals surface area contributed by atoms with E-state index in [2.05, 4.69) is 40.5 Å². The summed E-state index contributed by atoms with van der Waals surface area (Å²) in [6, 6.07) is 7.02. The third-order valence-corrected chi connectivity index (χ3v) is 5.48. The van der Waals surface area contributed by atoms with Crippen molar-refractivity contribution in [3.05, 3.63) is 70.7 Å². The van der Waals surface area contributed by atoms with Crippen molar-refractivity contribution in [1.82, 2.24) is 20.6 Å². The van der Waals surface area contributed by atoms with Crippen LogP contribution < -0.4 is 16.4 Å². The van der Waals surface area contributed by atoms with Crippen molar-refractivity contribution in [2.24, 2.45) is 0 Å². The summed E-state index contributed by atoms with van der Waals surface area (Å²) in [5.41, 5.74) is 8.71. The first-order valence-corrected chi connectivity index (χ1v) is 10.6. The molecule has 0 aliphatic carbocycles. The number of nitroso groups, excluding NO2 is 1. The summed E-state index contributed by atoms with van der Waals surface area (Å²) in [4.78, 5) is 21.3. The number of thioether (sulfide) groups is 1. The molecule has 5 N–H and O–H groups in total. The van der Waals surface area contributed by atoms with E-state index in [1.807, 2.05) is 31.5 Å². The van der Waals surface area contributed by atoms with Crippen LogP contribution in [0.15, 0.2) is 48.8 Å². The molecule has 1 aromatic carbocycles. The third kappa shape index (κ3) is 5.11. The van der Waals surface area contributed by atoms with Crippen LogP contribution in [0.25, 0.3) is 5.57 Å². The van der Waals surface area contributed by atoms with E-state index in [1.165, 1.54) is 0 Å². The molecular formula is C21H26N7OS+. The first kappa shape index (κ1) is 21.7. The average molecular weight is 425 g/mol. The Morgan fingerprint density at radius 3 is 2.70 bits per heavy atom. The molecule has 3 rings (SSSR count). The average Bonchev–Trinajstić information content (AvgIpc) is 2.74. The smallest absolute Gasteiger partial charge is 0.382 e. The van der Waals surface area contributed by atoms with Crippen LogP contribution in [-0.2, 0) is 6.54 Å². The summed E-state index contributed by atoms with van der Waals surface area (Å²) in [6.07, 6.45) is 7.42. The molecule has 1 atom stereocenters. The van der Waals surface area contributed by atoms with E-state index in [-0.39, 0.29) is 22.7 Å². The van der Waals surface area contributed by atoms with Gasteiger partial charge in [0.05, 0.1) is 17.3 Å². The van der Waals surface area contributed by atoms with Crippen molar-refractivity contribution in [3.8, 4) is 0 Å². The molecule has 0 saturated heterocycles. The molecule has 2 aromatic rings. The highest BCUT2D eigenvalue weighted by atomic mass is 32.2. The zero-order valence-corrected chi connectivity index (χ0v) is 18.0. The highest BCUT2D eigenvalue weighted by Crippen LogP contribution is 2.24. The number of aromatic nitrogens is 2. The van der Waals surface area contributed by atoms with Gasteiger partial charge in [-0.2, -0.15) is 0 Å². The molecule has 0 spiro atoms. The van der Waals surface area contributed by atoms with Crippen molar-refractivity contribution < 1.29 is 4.76 Å². The van der Waals surface area contributed by atoms with Crippen LogP contribution in [0, 0.1) is 10.3 Å². The van der Waals surface area contributed by atoms with Crippen LogP contribution in [0.3, 0.4) is 0 Å². The van der Waals surface area contributed by atoms with Crippen LogP contribution in [0.1, 0.15) is 30.8 Å². The fourth-order valence-corrected chi connectivity index (χ4v) is 3.80. The Hall–Kier alpha value is -3.04. The van der Waals surface area contributed by atoms with E-state index in [4.69, 9.17) is 11.1 Å². The number of hydrogen-bond acceptors (Lipinski definition) is 8. The van der Waals surface area contributed by atoms with Crippen molar-refractivity contribution in [2.45, 2.75) is 31.0 Å². The maximum atomic E-state index is 12.7. The van der Waals surface area contributed by atoms with Gasteiger partial charge in [-0.25, -0.2) is 9.97 Å². The number of nitrogen functional groups attached to an aromatic ring is 1. The number of nitrogens with two attached hydrogens (primary N) is 1. The van der Waals surface area contributed by atoms with E-state index < -0.39 is 0 Å². The number of nitrogens with zero attached hydrogens (tertiary/aromatic N) is 3. The van der Waals surface area contributed by atoms with Crippen LogP contribution >= 0.6 is 11.8 Å².